The highest BCUT2D eigenvalue weighted by molar-refractivity contribution is 7.07. The molecule has 0 saturated heterocycles. The van der Waals surface area contributed by atoms with Crippen LogP contribution in [-0.2, 0) is 12.8 Å². The number of hydrogen-bond donors (Lipinski definition) is 2. The second kappa shape index (κ2) is 4.99. The lowest BCUT2D eigenvalue weighted by atomic mass is 9.92. The van der Waals surface area contributed by atoms with Gasteiger partial charge < -0.3 is 0 Å². The van der Waals surface area contributed by atoms with E-state index in [9.17, 15) is 0 Å². The number of rotatable bonds is 4. The molecule has 4 rings (SSSR count). The maximum absolute atomic E-state index is 5.86. The summed E-state index contributed by atoms with van der Waals surface area (Å²) in [5.74, 6) is 8.14. The van der Waals surface area contributed by atoms with Gasteiger partial charge in [0.15, 0.2) is 0 Å². The van der Waals surface area contributed by atoms with Crippen LogP contribution in [0.2, 0.25) is 0 Å². The van der Waals surface area contributed by atoms with Crippen LogP contribution in [-0.4, -0.2) is 6.04 Å². The Morgan fingerprint density at radius 2 is 2.20 bits per heavy atom. The van der Waals surface area contributed by atoms with E-state index in [1.54, 1.807) is 22.5 Å². The summed E-state index contributed by atoms with van der Waals surface area (Å²) in [7, 11) is 0. The first kappa shape index (κ1) is 12.6. The van der Waals surface area contributed by atoms with Gasteiger partial charge in [-0.15, -0.1) is 0 Å². The van der Waals surface area contributed by atoms with E-state index in [-0.39, 0.29) is 0 Å². The maximum atomic E-state index is 5.86. The minimum atomic E-state index is 0.408. The second-order valence-corrected chi connectivity index (χ2v) is 6.89. The molecule has 2 aliphatic carbocycles. The normalized spacial score (nSPS) is 28.6. The van der Waals surface area contributed by atoms with Gasteiger partial charge in [0.2, 0.25) is 0 Å². The Bertz CT molecular complexity index is 593. The van der Waals surface area contributed by atoms with Crippen LogP contribution in [0.25, 0.3) is 0 Å². The molecule has 4 atom stereocenters. The number of hydrogen-bond acceptors (Lipinski definition) is 3. The molecule has 0 amide bonds. The van der Waals surface area contributed by atoms with Crippen LogP contribution in [0, 0.1) is 11.8 Å². The average molecular weight is 284 g/mol. The molecule has 0 bridgehead atoms. The fourth-order valence-corrected chi connectivity index (χ4v) is 4.82. The zero-order chi connectivity index (χ0) is 13.5. The number of nitrogens with one attached hydrogen (secondary N) is 1. The Hall–Kier alpha value is -1.16. The van der Waals surface area contributed by atoms with Gasteiger partial charge in [0, 0.05) is 6.04 Å². The highest BCUT2D eigenvalue weighted by Gasteiger charge is 2.55. The van der Waals surface area contributed by atoms with E-state index in [0.29, 0.717) is 12.0 Å². The number of hydrazine groups is 1. The Balaban J connectivity index is 1.56. The molecule has 20 heavy (non-hydrogen) atoms. The molecule has 0 radical (unpaired) electrons. The fraction of sp³-hybridized carbons (Fsp3) is 0.412. The molecule has 4 unspecified atom stereocenters. The molecular weight excluding hydrogens is 264 g/mol. The first-order chi connectivity index (χ1) is 9.88. The predicted molar refractivity (Wildman–Crippen MR) is 83.6 cm³/mol. The largest absolute Gasteiger partial charge is 0.271 e. The highest BCUT2D eigenvalue weighted by Crippen LogP contribution is 2.61. The van der Waals surface area contributed by atoms with E-state index in [0.717, 1.165) is 18.3 Å². The van der Waals surface area contributed by atoms with Crippen molar-refractivity contribution in [2.75, 3.05) is 0 Å². The van der Waals surface area contributed by atoms with E-state index in [1.807, 2.05) is 0 Å². The predicted octanol–water partition coefficient (Wildman–Crippen LogP) is 3.10. The van der Waals surface area contributed by atoms with Crippen molar-refractivity contribution >= 4 is 11.3 Å². The summed E-state index contributed by atoms with van der Waals surface area (Å²) in [4.78, 5) is 0. The minimum Gasteiger partial charge on any atom is -0.271 e. The van der Waals surface area contributed by atoms with Gasteiger partial charge in [-0.05, 0) is 70.5 Å². The Kier molecular flexibility index (Phi) is 3.14. The molecule has 0 spiro atoms. The van der Waals surface area contributed by atoms with Gasteiger partial charge in [0.05, 0.1) is 0 Å². The van der Waals surface area contributed by atoms with E-state index in [1.165, 1.54) is 18.4 Å². The van der Waals surface area contributed by atoms with Gasteiger partial charge in [0.1, 0.15) is 0 Å². The lowest BCUT2D eigenvalue weighted by molar-refractivity contribution is 0.441. The molecule has 3 heteroatoms. The molecule has 1 saturated carbocycles. The number of fused-ring (bicyclic) bond motifs is 3. The van der Waals surface area contributed by atoms with Crippen molar-refractivity contribution in [3.05, 3.63) is 57.8 Å². The SMILES string of the molecule is NNC(Cc1ccsc1)C1C2CCc3ccccc3C21. The summed E-state index contributed by atoms with van der Waals surface area (Å²) in [5.41, 5.74) is 7.65. The quantitative estimate of drug-likeness (QED) is 0.669. The van der Waals surface area contributed by atoms with Gasteiger partial charge in [-0.2, -0.15) is 11.3 Å². The summed E-state index contributed by atoms with van der Waals surface area (Å²) in [6.07, 6.45) is 3.62. The van der Waals surface area contributed by atoms with Gasteiger partial charge in [-0.25, -0.2) is 0 Å². The molecule has 1 aromatic carbocycles. The third-order valence-corrected chi connectivity index (χ3v) is 5.84. The van der Waals surface area contributed by atoms with Crippen LogP contribution < -0.4 is 11.3 Å². The minimum absolute atomic E-state index is 0.408. The van der Waals surface area contributed by atoms with Crippen molar-refractivity contribution in [2.45, 2.75) is 31.2 Å². The van der Waals surface area contributed by atoms with Crippen molar-refractivity contribution in [3.63, 3.8) is 0 Å². The van der Waals surface area contributed by atoms with Crippen molar-refractivity contribution < 1.29 is 0 Å². The second-order valence-electron chi connectivity index (χ2n) is 6.11. The average Bonchev–Trinajstić information content (AvgIpc) is 3.00. The topological polar surface area (TPSA) is 38.0 Å². The molecule has 2 aromatic rings. The van der Waals surface area contributed by atoms with Crippen LogP contribution in [0.4, 0.5) is 0 Å². The van der Waals surface area contributed by atoms with Crippen LogP contribution in [0.15, 0.2) is 41.1 Å². The highest BCUT2D eigenvalue weighted by atomic mass is 32.1. The molecule has 104 valence electrons. The Morgan fingerprint density at radius 3 is 3.00 bits per heavy atom. The smallest absolute Gasteiger partial charge is 0.0288 e. The third kappa shape index (κ3) is 2.01. The van der Waals surface area contributed by atoms with Crippen LogP contribution in [0.1, 0.15) is 29.0 Å². The van der Waals surface area contributed by atoms with E-state index >= 15 is 0 Å². The van der Waals surface area contributed by atoms with Crippen molar-refractivity contribution in [1.82, 2.24) is 5.43 Å². The Labute approximate surface area is 124 Å². The van der Waals surface area contributed by atoms with Gasteiger partial charge in [0.25, 0.3) is 0 Å². The number of benzene rings is 1. The molecule has 1 aromatic heterocycles. The number of aryl methyl sites for hydroxylation is 1. The van der Waals surface area contributed by atoms with Crippen molar-refractivity contribution in [2.24, 2.45) is 17.7 Å². The fourth-order valence-electron chi connectivity index (χ4n) is 4.14. The molecule has 1 heterocycles. The molecule has 2 aliphatic rings. The van der Waals surface area contributed by atoms with Crippen molar-refractivity contribution in [1.29, 1.82) is 0 Å². The molecule has 3 N–H and O–H groups in total. The first-order valence-corrected chi connectivity index (χ1v) is 8.38. The van der Waals surface area contributed by atoms with E-state index in [2.05, 4.69) is 46.5 Å². The number of nitrogens with two attached hydrogens (primary N) is 1. The van der Waals surface area contributed by atoms with Crippen LogP contribution >= 0.6 is 11.3 Å². The molecule has 1 fully saturated rings. The lowest BCUT2D eigenvalue weighted by Crippen LogP contribution is -2.39. The van der Waals surface area contributed by atoms with Crippen LogP contribution in [0.5, 0.6) is 0 Å². The summed E-state index contributed by atoms with van der Waals surface area (Å²) in [6, 6.07) is 11.6. The summed E-state index contributed by atoms with van der Waals surface area (Å²) >= 11 is 1.77. The maximum Gasteiger partial charge on any atom is 0.0288 e. The van der Waals surface area contributed by atoms with E-state index in [4.69, 9.17) is 5.84 Å². The lowest BCUT2D eigenvalue weighted by Gasteiger charge is -2.15. The van der Waals surface area contributed by atoms with Gasteiger partial charge in [-0.3, -0.25) is 11.3 Å². The Morgan fingerprint density at radius 1 is 1.30 bits per heavy atom. The van der Waals surface area contributed by atoms with Gasteiger partial charge in [-0.1, -0.05) is 24.3 Å². The zero-order valence-corrected chi connectivity index (χ0v) is 12.3. The summed E-state index contributed by atoms with van der Waals surface area (Å²) in [5, 5.41) is 4.39. The number of thiophene rings is 1. The monoisotopic (exact) mass is 284 g/mol. The van der Waals surface area contributed by atoms with E-state index < -0.39 is 0 Å². The summed E-state index contributed by atoms with van der Waals surface area (Å²) in [6.45, 7) is 0. The van der Waals surface area contributed by atoms with Gasteiger partial charge >= 0.3 is 0 Å². The first-order valence-electron chi connectivity index (χ1n) is 7.43. The standard InChI is InChI=1S/C17H20N2S/c18-19-15(9-11-7-8-20-10-11)17-14-6-5-12-3-1-2-4-13(12)16(14)17/h1-4,7-8,10,14-17,19H,5-6,9,18H2. The van der Waals surface area contributed by atoms with Crippen molar-refractivity contribution in [3.8, 4) is 0 Å². The zero-order valence-electron chi connectivity index (χ0n) is 11.5. The third-order valence-electron chi connectivity index (χ3n) is 5.11. The molecular formula is C17H20N2S. The summed E-state index contributed by atoms with van der Waals surface area (Å²) < 4.78 is 0. The molecule has 2 nitrogen and oxygen atoms in total. The van der Waals surface area contributed by atoms with Crippen LogP contribution in [0.3, 0.4) is 0 Å². The molecule has 0 aliphatic heterocycles.